The van der Waals surface area contributed by atoms with Crippen LogP contribution in [0.15, 0.2) is 66.3 Å². The van der Waals surface area contributed by atoms with Crippen LogP contribution in [0.25, 0.3) is 0 Å². The Hall–Kier alpha value is -2.03. The molecule has 5 heteroatoms. The maximum absolute atomic E-state index is 10.8. The third-order valence-corrected chi connectivity index (χ3v) is 7.28. The van der Waals surface area contributed by atoms with Crippen molar-refractivity contribution >= 4 is 11.4 Å². The van der Waals surface area contributed by atoms with E-state index in [4.69, 9.17) is 4.74 Å². The summed E-state index contributed by atoms with van der Waals surface area (Å²) in [6, 6.07) is 15.0. The molecule has 2 aliphatic heterocycles. The topological polar surface area (TPSA) is 35.9 Å². The molecule has 0 aliphatic carbocycles. The van der Waals surface area contributed by atoms with Crippen molar-refractivity contribution in [3.63, 3.8) is 0 Å². The van der Waals surface area contributed by atoms with Crippen molar-refractivity contribution in [1.29, 1.82) is 0 Å². The predicted molar refractivity (Wildman–Crippen MR) is 147 cm³/mol. The Bertz CT molecular complexity index is 1030. The standard InChI is InChI=1S/C31H42N2O2.W/c1-4-26-12-7-5-6-10-25(3)20-33(34)29-16-17-31-30(19-29)32(21-26)22-28(23-35-31)15-9-14-27-13-8-11-24(2)18-27;/h5-6,8,11-13,16-19,25,28,34H,4,7,9-10,14-15,20-23H2,1-3H3;/b6-5+,26-12+;/t25-,28?;/m0./s1. The van der Waals surface area contributed by atoms with Crippen LogP contribution in [0.1, 0.15) is 57.1 Å². The van der Waals surface area contributed by atoms with Gasteiger partial charge < -0.3 is 9.64 Å². The Morgan fingerprint density at radius 2 is 1.94 bits per heavy atom. The summed E-state index contributed by atoms with van der Waals surface area (Å²) in [5, 5.41) is 12.2. The van der Waals surface area contributed by atoms with Crippen molar-refractivity contribution in [2.45, 2.75) is 59.3 Å². The maximum atomic E-state index is 10.8. The van der Waals surface area contributed by atoms with Gasteiger partial charge in [0.1, 0.15) is 5.75 Å². The van der Waals surface area contributed by atoms with Crippen molar-refractivity contribution in [3.05, 3.63) is 77.4 Å². The van der Waals surface area contributed by atoms with E-state index >= 15 is 0 Å². The van der Waals surface area contributed by atoms with Crippen molar-refractivity contribution < 1.29 is 31.0 Å². The number of hydrogen-bond acceptors (Lipinski definition) is 4. The minimum Gasteiger partial charge on any atom is -0.491 e. The fourth-order valence-electron chi connectivity index (χ4n) is 5.19. The fourth-order valence-corrected chi connectivity index (χ4v) is 5.19. The van der Waals surface area contributed by atoms with E-state index in [9.17, 15) is 5.21 Å². The predicted octanol–water partition coefficient (Wildman–Crippen LogP) is 7.35. The van der Waals surface area contributed by atoms with Gasteiger partial charge in [-0.2, -0.15) is 0 Å². The van der Waals surface area contributed by atoms with Crippen LogP contribution in [0.2, 0.25) is 0 Å². The number of fused-ring (bicyclic) bond motifs is 1. The number of hydroxylamine groups is 1. The SMILES string of the molecule is CC/C1=C\C/C=C/C[C@H](C)CN(O)c2ccc3c(c2)N(C1)CC(CCCc1cccc(C)c1)CO3.[W]. The molecule has 0 fully saturated rings. The van der Waals surface area contributed by atoms with Crippen LogP contribution in [0.3, 0.4) is 0 Å². The van der Waals surface area contributed by atoms with Gasteiger partial charge in [0.2, 0.25) is 0 Å². The quantitative estimate of drug-likeness (QED) is 0.341. The van der Waals surface area contributed by atoms with Crippen LogP contribution < -0.4 is 14.7 Å². The summed E-state index contributed by atoms with van der Waals surface area (Å²) >= 11 is 0. The van der Waals surface area contributed by atoms with E-state index in [1.807, 2.05) is 12.1 Å². The maximum Gasteiger partial charge on any atom is 0.142 e. The first-order chi connectivity index (χ1) is 17.0. The summed E-state index contributed by atoms with van der Waals surface area (Å²) in [6.45, 7) is 9.83. The van der Waals surface area contributed by atoms with E-state index < -0.39 is 0 Å². The van der Waals surface area contributed by atoms with Crippen molar-refractivity contribution in [1.82, 2.24) is 0 Å². The van der Waals surface area contributed by atoms with E-state index in [-0.39, 0.29) is 21.1 Å². The van der Waals surface area contributed by atoms with Crippen molar-refractivity contribution in [3.8, 4) is 5.75 Å². The molecular weight excluding hydrogens is 616 g/mol. The minimum absolute atomic E-state index is 0. The van der Waals surface area contributed by atoms with Crippen LogP contribution in [0.4, 0.5) is 11.4 Å². The van der Waals surface area contributed by atoms with Crippen LogP contribution >= 0.6 is 0 Å². The van der Waals surface area contributed by atoms with E-state index in [1.54, 1.807) is 0 Å². The third-order valence-electron chi connectivity index (χ3n) is 7.28. The molecule has 2 aromatic rings. The monoisotopic (exact) mass is 658 g/mol. The summed E-state index contributed by atoms with van der Waals surface area (Å²) in [5.41, 5.74) is 6.15. The molecule has 2 atom stereocenters. The Morgan fingerprint density at radius 1 is 1.08 bits per heavy atom. The number of hydrogen-bond donors (Lipinski definition) is 1. The van der Waals surface area contributed by atoms with Crippen LogP contribution in [-0.2, 0) is 27.5 Å². The molecule has 36 heavy (non-hydrogen) atoms. The molecule has 194 valence electrons. The first-order valence-corrected chi connectivity index (χ1v) is 13.4. The Kier molecular flexibility index (Phi) is 11.1. The Balaban J connectivity index is 0.00000361. The zero-order valence-electron chi connectivity index (χ0n) is 22.2. The van der Waals surface area contributed by atoms with Gasteiger partial charge in [-0.3, -0.25) is 10.3 Å². The van der Waals surface area contributed by atoms with E-state index in [1.165, 1.54) is 21.8 Å². The second-order valence-electron chi connectivity index (χ2n) is 10.4. The fraction of sp³-hybridized carbons (Fsp3) is 0.484. The average molecular weight is 659 g/mol. The molecule has 1 N–H and O–H groups in total. The number of nitrogens with zero attached hydrogens (tertiary/aromatic N) is 2. The molecule has 0 amide bonds. The number of benzene rings is 2. The molecule has 4 nitrogen and oxygen atoms in total. The first-order valence-electron chi connectivity index (χ1n) is 13.4. The van der Waals surface area contributed by atoms with Gasteiger partial charge >= 0.3 is 0 Å². The molecule has 0 radical (unpaired) electrons. The largest absolute Gasteiger partial charge is 0.491 e. The molecule has 4 rings (SSSR count). The number of allylic oxidation sites excluding steroid dienone is 3. The first kappa shape index (κ1) is 28.5. The van der Waals surface area contributed by atoms with Crippen molar-refractivity contribution in [2.75, 3.05) is 36.2 Å². The van der Waals surface area contributed by atoms with Gasteiger partial charge in [0.15, 0.2) is 0 Å². The van der Waals surface area contributed by atoms with E-state index in [0.717, 1.165) is 75.3 Å². The van der Waals surface area contributed by atoms with Gasteiger partial charge in [0, 0.05) is 46.6 Å². The van der Waals surface area contributed by atoms with Crippen LogP contribution in [-0.4, -0.2) is 31.4 Å². The summed E-state index contributed by atoms with van der Waals surface area (Å²) in [5.74, 6) is 1.77. The summed E-state index contributed by atoms with van der Waals surface area (Å²) in [7, 11) is 0. The van der Waals surface area contributed by atoms with Crippen LogP contribution in [0, 0.1) is 18.8 Å². The molecule has 0 spiro atoms. The molecular formula is C31H42N2O2W. The summed E-state index contributed by atoms with van der Waals surface area (Å²) in [4.78, 5) is 2.49. The van der Waals surface area contributed by atoms with Gasteiger partial charge in [-0.1, -0.05) is 67.5 Å². The normalized spacial score (nSPS) is 22.8. The van der Waals surface area contributed by atoms with Gasteiger partial charge in [-0.25, -0.2) is 0 Å². The van der Waals surface area contributed by atoms with E-state index in [0.29, 0.717) is 18.4 Å². The van der Waals surface area contributed by atoms with Gasteiger partial charge in [-0.05, 0) is 75.1 Å². The Morgan fingerprint density at radius 3 is 2.75 bits per heavy atom. The number of anilines is 2. The molecule has 0 aromatic heterocycles. The van der Waals surface area contributed by atoms with Gasteiger partial charge in [0.05, 0.1) is 18.0 Å². The molecule has 0 saturated carbocycles. The van der Waals surface area contributed by atoms with Gasteiger partial charge in [0.25, 0.3) is 0 Å². The average Bonchev–Trinajstić information content (AvgIpc) is 3.01. The second-order valence-corrected chi connectivity index (χ2v) is 10.4. The zero-order valence-corrected chi connectivity index (χ0v) is 25.1. The molecule has 2 aromatic carbocycles. The van der Waals surface area contributed by atoms with Crippen LogP contribution in [0.5, 0.6) is 5.75 Å². The molecule has 1 unspecified atom stereocenters. The van der Waals surface area contributed by atoms with Gasteiger partial charge in [-0.15, -0.1) is 0 Å². The third kappa shape index (κ3) is 7.98. The second kappa shape index (κ2) is 14.1. The van der Waals surface area contributed by atoms with Crippen molar-refractivity contribution in [2.24, 2.45) is 11.8 Å². The summed E-state index contributed by atoms with van der Waals surface area (Å²) in [6.07, 6.45) is 13.3. The minimum atomic E-state index is 0. The molecule has 2 heterocycles. The number of ether oxygens (including phenoxy) is 1. The zero-order chi connectivity index (χ0) is 24.6. The number of rotatable bonds is 5. The molecule has 2 aliphatic rings. The summed E-state index contributed by atoms with van der Waals surface area (Å²) < 4.78 is 6.36. The van der Waals surface area contributed by atoms with E-state index in [2.05, 4.69) is 74.2 Å². The molecule has 2 bridgehead atoms. The number of aryl methyl sites for hydroxylation is 2. The molecule has 0 saturated heterocycles. The Labute approximate surface area is 232 Å². The smallest absolute Gasteiger partial charge is 0.142 e.